The van der Waals surface area contributed by atoms with E-state index in [4.69, 9.17) is 10.5 Å². The molecule has 1 aliphatic rings. The van der Waals surface area contributed by atoms with Crippen molar-refractivity contribution in [2.45, 2.75) is 20.3 Å². The Hall–Kier alpha value is -0.120. The molecule has 0 aromatic carbocycles. The summed E-state index contributed by atoms with van der Waals surface area (Å²) < 4.78 is 5.49. The van der Waals surface area contributed by atoms with Crippen LogP contribution in [0, 0.1) is 11.8 Å². The summed E-state index contributed by atoms with van der Waals surface area (Å²) in [7, 11) is 0. The lowest BCUT2D eigenvalue weighted by Crippen LogP contribution is -2.24. The monoisotopic (exact) mass is 200 g/mol. The van der Waals surface area contributed by atoms with Gasteiger partial charge in [0.05, 0.1) is 6.61 Å². The Kier molecular flexibility index (Phi) is 5.45. The van der Waals surface area contributed by atoms with Gasteiger partial charge in [-0.25, -0.2) is 0 Å². The zero-order valence-electron chi connectivity index (χ0n) is 9.54. The van der Waals surface area contributed by atoms with Gasteiger partial charge in [0.2, 0.25) is 0 Å². The van der Waals surface area contributed by atoms with E-state index in [0.29, 0.717) is 0 Å². The lowest BCUT2D eigenvalue weighted by Gasteiger charge is -2.15. The highest BCUT2D eigenvalue weighted by atomic mass is 16.5. The molecule has 1 saturated heterocycles. The molecule has 0 spiro atoms. The Bertz CT molecular complexity index is 152. The molecular weight excluding hydrogens is 176 g/mol. The molecule has 0 radical (unpaired) electrons. The topological polar surface area (TPSA) is 38.5 Å². The van der Waals surface area contributed by atoms with Crippen LogP contribution in [0.4, 0.5) is 0 Å². The van der Waals surface area contributed by atoms with E-state index in [1.165, 1.54) is 13.1 Å². The van der Waals surface area contributed by atoms with Crippen molar-refractivity contribution in [3.63, 3.8) is 0 Å². The minimum atomic E-state index is 0.729. The lowest BCUT2D eigenvalue weighted by molar-refractivity contribution is 0.101. The normalized spacial score (nSPS) is 28.5. The van der Waals surface area contributed by atoms with Gasteiger partial charge in [-0.15, -0.1) is 0 Å². The quantitative estimate of drug-likeness (QED) is 0.693. The first-order valence-electron chi connectivity index (χ1n) is 5.78. The molecule has 0 bridgehead atoms. The molecule has 84 valence electrons. The second kappa shape index (κ2) is 6.38. The van der Waals surface area contributed by atoms with Crippen LogP contribution in [0.5, 0.6) is 0 Å². The van der Waals surface area contributed by atoms with Crippen molar-refractivity contribution in [2.24, 2.45) is 17.6 Å². The molecule has 1 heterocycles. The average molecular weight is 200 g/mol. The fourth-order valence-electron chi connectivity index (χ4n) is 2.13. The third-order valence-corrected chi connectivity index (χ3v) is 3.06. The molecule has 0 amide bonds. The zero-order valence-corrected chi connectivity index (χ0v) is 9.54. The van der Waals surface area contributed by atoms with E-state index in [-0.39, 0.29) is 0 Å². The molecule has 1 aliphatic heterocycles. The summed E-state index contributed by atoms with van der Waals surface area (Å²) >= 11 is 0. The number of hydrogen-bond donors (Lipinski definition) is 1. The van der Waals surface area contributed by atoms with Gasteiger partial charge in [0.1, 0.15) is 0 Å². The van der Waals surface area contributed by atoms with Gasteiger partial charge in [-0.2, -0.15) is 0 Å². The Morgan fingerprint density at radius 3 is 2.86 bits per heavy atom. The molecule has 14 heavy (non-hydrogen) atoms. The van der Waals surface area contributed by atoms with Crippen LogP contribution in [0.2, 0.25) is 0 Å². The van der Waals surface area contributed by atoms with Crippen LogP contribution in [0.25, 0.3) is 0 Å². The van der Waals surface area contributed by atoms with E-state index in [1.54, 1.807) is 0 Å². The predicted octanol–water partition coefficient (Wildman–Crippen LogP) is 0.940. The summed E-state index contributed by atoms with van der Waals surface area (Å²) in [6, 6.07) is 0. The van der Waals surface area contributed by atoms with Gasteiger partial charge in [-0.1, -0.05) is 6.92 Å². The summed E-state index contributed by atoms with van der Waals surface area (Å²) in [5, 5.41) is 0. The standard InChI is InChI=1S/C11H24N2O/c1-3-14-9-11-8-13(6-4-5-12)7-10(11)2/h10-11H,3-9,12H2,1-2H3/t10-,11+/m0/s1. The van der Waals surface area contributed by atoms with Gasteiger partial charge in [0, 0.05) is 19.7 Å². The van der Waals surface area contributed by atoms with E-state index in [2.05, 4.69) is 18.7 Å². The maximum Gasteiger partial charge on any atom is 0.0509 e. The van der Waals surface area contributed by atoms with Crippen molar-refractivity contribution in [3.8, 4) is 0 Å². The third-order valence-electron chi connectivity index (χ3n) is 3.06. The van der Waals surface area contributed by atoms with Gasteiger partial charge in [-0.3, -0.25) is 0 Å². The second-order valence-corrected chi connectivity index (χ2v) is 4.30. The molecule has 3 nitrogen and oxygen atoms in total. The van der Waals surface area contributed by atoms with Gasteiger partial charge in [0.25, 0.3) is 0 Å². The molecular formula is C11H24N2O. The molecule has 2 N–H and O–H groups in total. The number of likely N-dealkylation sites (tertiary alicyclic amines) is 1. The van der Waals surface area contributed by atoms with Gasteiger partial charge in [-0.05, 0) is 38.3 Å². The van der Waals surface area contributed by atoms with E-state index >= 15 is 0 Å². The van der Waals surface area contributed by atoms with Crippen LogP contribution < -0.4 is 5.73 Å². The summed E-state index contributed by atoms with van der Waals surface area (Å²) in [5.41, 5.74) is 5.50. The van der Waals surface area contributed by atoms with Crippen molar-refractivity contribution in [2.75, 3.05) is 39.4 Å². The highest BCUT2D eigenvalue weighted by Crippen LogP contribution is 2.22. The minimum absolute atomic E-state index is 0.729. The molecule has 3 heteroatoms. The molecule has 0 aromatic rings. The second-order valence-electron chi connectivity index (χ2n) is 4.30. The average Bonchev–Trinajstić information content (AvgIpc) is 2.53. The largest absolute Gasteiger partial charge is 0.381 e. The number of ether oxygens (including phenoxy) is 1. The third kappa shape index (κ3) is 3.56. The fourth-order valence-corrected chi connectivity index (χ4v) is 2.13. The Balaban J connectivity index is 2.21. The predicted molar refractivity (Wildman–Crippen MR) is 59.3 cm³/mol. The van der Waals surface area contributed by atoms with Crippen LogP contribution in [-0.2, 0) is 4.74 Å². The molecule has 0 saturated carbocycles. The molecule has 0 aromatic heterocycles. The minimum Gasteiger partial charge on any atom is -0.381 e. The van der Waals surface area contributed by atoms with Crippen LogP contribution in [-0.4, -0.2) is 44.3 Å². The van der Waals surface area contributed by atoms with Crippen molar-refractivity contribution in [1.82, 2.24) is 4.90 Å². The van der Waals surface area contributed by atoms with E-state index in [0.717, 1.165) is 44.6 Å². The van der Waals surface area contributed by atoms with Crippen molar-refractivity contribution in [1.29, 1.82) is 0 Å². The Morgan fingerprint density at radius 1 is 1.43 bits per heavy atom. The summed E-state index contributed by atoms with van der Waals surface area (Å²) in [5.74, 6) is 1.51. The number of hydrogen-bond acceptors (Lipinski definition) is 3. The summed E-state index contributed by atoms with van der Waals surface area (Å²) in [6.45, 7) is 10.5. The van der Waals surface area contributed by atoms with Crippen LogP contribution >= 0.6 is 0 Å². The molecule has 0 aliphatic carbocycles. The molecule has 2 atom stereocenters. The SMILES string of the molecule is CCOC[C@H]1CN(CCCN)C[C@@H]1C. The van der Waals surface area contributed by atoms with Gasteiger partial charge < -0.3 is 15.4 Å². The van der Waals surface area contributed by atoms with Crippen LogP contribution in [0.15, 0.2) is 0 Å². The lowest BCUT2D eigenvalue weighted by atomic mass is 9.99. The van der Waals surface area contributed by atoms with Crippen LogP contribution in [0.1, 0.15) is 20.3 Å². The first-order chi connectivity index (χ1) is 6.77. The Labute approximate surface area is 87.6 Å². The first kappa shape index (κ1) is 12.0. The zero-order chi connectivity index (χ0) is 10.4. The number of nitrogens with two attached hydrogens (primary N) is 1. The fraction of sp³-hybridized carbons (Fsp3) is 1.00. The first-order valence-corrected chi connectivity index (χ1v) is 5.78. The molecule has 1 fully saturated rings. The van der Waals surface area contributed by atoms with E-state index in [9.17, 15) is 0 Å². The van der Waals surface area contributed by atoms with Gasteiger partial charge >= 0.3 is 0 Å². The van der Waals surface area contributed by atoms with Crippen LogP contribution in [0.3, 0.4) is 0 Å². The smallest absolute Gasteiger partial charge is 0.0509 e. The van der Waals surface area contributed by atoms with Crippen molar-refractivity contribution >= 4 is 0 Å². The van der Waals surface area contributed by atoms with E-state index < -0.39 is 0 Å². The van der Waals surface area contributed by atoms with E-state index in [1.807, 2.05) is 0 Å². The number of rotatable bonds is 6. The van der Waals surface area contributed by atoms with Crippen molar-refractivity contribution < 1.29 is 4.74 Å². The summed E-state index contributed by atoms with van der Waals surface area (Å²) in [6.07, 6.45) is 1.12. The van der Waals surface area contributed by atoms with Crippen molar-refractivity contribution in [3.05, 3.63) is 0 Å². The molecule has 1 rings (SSSR count). The highest BCUT2D eigenvalue weighted by molar-refractivity contribution is 4.81. The maximum atomic E-state index is 5.50. The number of nitrogens with zero attached hydrogens (tertiary/aromatic N) is 1. The molecule has 0 unspecified atom stereocenters. The van der Waals surface area contributed by atoms with Gasteiger partial charge in [0.15, 0.2) is 0 Å². The highest BCUT2D eigenvalue weighted by Gasteiger charge is 2.28. The summed E-state index contributed by atoms with van der Waals surface area (Å²) in [4.78, 5) is 2.52. The Morgan fingerprint density at radius 2 is 2.21 bits per heavy atom. The maximum absolute atomic E-state index is 5.50.